The summed E-state index contributed by atoms with van der Waals surface area (Å²) in [5.74, 6) is 0. The molecule has 2 N–H and O–H groups in total. The van der Waals surface area contributed by atoms with Gasteiger partial charge in [0.05, 0.1) is 0 Å². The molecule has 0 unspecified atom stereocenters. The summed E-state index contributed by atoms with van der Waals surface area (Å²) >= 11 is 0. The summed E-state index contributed by atoms with van der Waals surface area (Å²) in [7, 11) is -1.40. The van der Waals surface area contributed by atoms with Crippen molar-refractivity contribution in [2.24, 2.45) is 0 Å². The molecule has 0 spiro atoms. The van der Waals surface area contributed by atoms with Gasteiger partial charge < -0.3 is 10.0 Å². The Kier molecular flexibility index (Phi) is 5.18. The first kappa shape index (κ1) is 11.3. The van der Waals surface area contributed by atoms with E-state index in [2.05, 4.69) is 6.07 Å². The maximum atomic E-state index is 8.64. The van der Waals surface area contributed by atoms with Crippen LogP contribution in [0.5, 0.6) is 0 Å². The van der Waals surface area contributed by atoms with Gasteiger partial charge in [-0.1, -0.05) is 6.92 Å². The van der Waals surface area contributed by atoms with Crippen molar-refractivity contribution in [2.75, 3.05) is 0 Å². The van der Waals surface area contributed by atoms with Crippen molar-refractivity contribution in [2.45, 2.75) is 6.92 Å². The fraction of sp³-hybridized carbons (Fsp3) is 0.143. The topological polar surface area (TPSA) is 40.5 Å². The Balaban J connectivity index is 0.000001000. The second-order valence-corrected chi connectivity index (χ2v) is 2.20. The van der Waals surface area contributed by atoms with Gasteiger partial charge in [0.2, 0.25) is 0 Å². The van der Waals surface area contributed by atoms with Crippen molar-refractivity contribution in [1.29, 1.82) is 0 Å². The van der Waals surface area contributed by atoms with Gasteiger partial charge in [-0.3, -0.25) is 0 Å². The van der Waals surface area contributed by atoms with Crippen molar-refractivity contribution in [3.05, 3.63) is 29.8 Å². The quantitative estimate of drug-likeness (QED) is 0.497. The Bertz CT molecular complexity index is 210. The molecular formula is C7H8BO2Y-. The second-order valence-electron chi connectivity index (χ2n) is 2.20. The molecule has 0 aliphatic heterocycles. The van der Waals surface area contributed by atoms with Gasteiger partial charge >= 0.3 is 7.12 Å². The van der Waals surface area contributed by atoms with Gasteiger partial charge in [0, 0.05) is 32.7 Å². The Morgan fingerprint density at radius 3 is 2.36 bits per heavy atom. The molecule has 0 saturated heterocycles. The molecule has 4 heteroatoms. The van der Waals surface area contributed by atoms with Gasteiger partial charge in [0.15, 0.2) is 0 Å². The van der Waals surface area contributed by atoms with Crippen LogP contribution in [0.3, 0.4) is 0 Å². The maximum absolute atomic E-state index is 8.64. The third-order valence-electron chi connectivity index (χ3n) is 1.27. The maximum Gasteiger partial charge on any atom is 0.462 e. The van der Waals surface area contributed by atoms with E-state index in [1.54, 1.807) is 12.1 Å². The molecule has 1 radical (unpaired) electrons. The van der Waals surface area contributed by atoms with E-state index in [1.165, 1.54) is 0 Å². The molecule has 55 valence electrons. The molecule has 0 saturated carbocycles. The van der Waals surface area contributed by atoms with Crippen LogP contribution in [0.25, 0.3) is 0 Å². The molecular weight excluding hydrogens is 216 g/mol. The SMILES string of the molecule is Cc1c[c-]c(B(O)O)cc1.[Y]. The molecule has 0 amide bonds. The second kappa shape index (κ2) is 5.04. The number of aryl methyl sites for hydroxylation is 1. The van der Waals surface area contributed by atoms with Crippen LogP contribution in [0.1, 0.15) is 5.56 Å². The van der Waals surface area contributed by atoms with E-state index < -0.39 is 7.12 Å². The number of hydrogen-bond donors (Lipinski definition) is 2. The molecule has 0 fully saturated rings. The Labute approximate surface area is 91.7 Å². The standard InChI is InChI=1S/C7H8BO2.Y/c1-6-2-4-7(5-3-6)8(9)10;/h2-4,9-10H,1H3;/q-1;. The molecule has 0 bridgehead atoms. The summed E-state index contributed by atoms with van der Waals surface area (Å²) in [4.78, 5) is 0. The van der Waals surface area contributed by atoms with Crippen molar-refractivity contribution in [1.82, 2.24) is 0 Å². The van der Waals surface area contributed by atoms with Crippen molar-refractivity contribution in [3.63, 3.8) is 0 Å². The van der Waals surface area contributed by atoms with E-state index in [-0.39, 0.29) is 32.7 Å². The monoisotopic (exact) mass is 224 g/mol. The van der Waals surface area contributed by atoms with Crippen LogP contribution in [-0.4, -0.2) is 17.2 Å². The van der Waals surface area contributed by atoms with Crippen molar-refractivity contribution >= 4 is 12.6 Å². The first-order chi connectivity index (χ1) is 4.70. The summed E-state index contributed by atoms with van der Waals surface area (Å²) in [6.07, 6.45) is 0. The average Bonchev–Trinajstić information content (AvgIpc) is 1.88. The van der Waals surface area contributed by atoms with Gasteiger partial charge in [0.1, 0.15) is 0 Å². The molecule has 0 aliphatic rings. The van der Waals surface area contributed by atoms with Crippen LogP contribution in [0.4, 0.5) is 0 Å². The molecule has 1 aromatic rings. The van der Waals surface area contributed by atoms with E-state index in [4.69, 9.17) is 10.0 Å². The van der Waals surface area contributed by atoms with Crippen LogP contribution < -0.4 is 5.46 Å². The zero-order chi connectivity index (χ0) is 7.56. The Morgan fingerprint density at radius 1 is 1.36 bits per heavy atom. The van der Waals surface area contributed by atoms with E-state index in [0.29, 0.717) is 5.46 Å². The fourth-order valence-corrected chi connectivity index (χ4v) is 0.675. The van der Waals surface area contributed by atoms with E-state index in [9.17, 15) is 0 Å². The number of benzene rings is 1. The zero-order valence-electron chi connectivity index (χ0n) is 6.28. The first-order valence-corrected chi connectivity index (χ1v) is 3.04. The molecule has 0 aromatic heterocycles. The van der Waals surface area contributed by atoms with E-state index in [1.807, 2.05) is 13.0 Å². The molecule has 0 heterocycles. The van der Waals surface area contributed by atoms with Crippen molar-refractivity contribution < 1.29 is 42.8 Å². The van der Waals surface area contributed by atoms with Gasteiger partial charge in [0.25, 0.3) is 0 Å². The summed E-state index contributed by atoms with van der Waals surface area (Å²) in [6, 6.07) is 7.90. The van der Waals surface area contributed by atoms with Crippen LogP contribution in [0.15, 0.2) is 18.2 Å². The first-order valence-electron chi connectivity index (χ1n) is 3.04. The molecule has 0 atom stereocenters. The van der Waals surface area contributed by atoms with Crippen LogP contribution >= 0.6 is 0 Å². The summed E-state index contributed by atoms with van der Waals surface area (Å²) in [5, 5.41) is 17.3. The number of rotatable bonds is 1. The van der Waals surface area contributed by atoms with Crippen LogP contribution in [0, 0.1) is 13.0 Å². The van der Waals surface area contributed by atoms with E-state index in [0.717, 1.165) is 5.56 Å². The third-order valence-corrected chi connectivity index (χ3v) is 1.27. The summed E-state index contributed by atoms with van der Waals surface area (Å²) in [6.45, 7) is 1.92. The van der Waals surface area contributed by atoms with Crippen LogP contribution in [0.2, 0.25) is 0 Å². The predicted octanol–water partition coefficient (Wildman–Crippen LogP) is -0.527. The molecule has 1 aromatic carbocycles. The minimum atomic E-state index is -1.40. The zero-order valence-corrected chi connectivity index (χ0v) is 9.12. The van der Waals surface area contributed by atoms with Crippen molar-refractivity contribution in [3.8, 4) is 0 Å². The van der Waals surface area contributed by atoms with E-state index >= 15 is 0 Å². The molecule has 0 aliphatic carbocycles. The summed E-state index contributed by atoms with van der Waals surface area (Å²) in [5.41, 5.74) is 1.47. The molecule has 11 heavy (non-hydrogen) atoms. The van der Waals surface area contributed by atoms with Crippen LogP contribution in [-0.2, 0) is 32.7 Å². The normalized spacial score (nSPS) is 8.64. The molecule has 2 nitrogen and oxygen atoms in total. The minimum absolute atomic E-state index is 0. The summed E-state index contributed by atoms with van der Waals surface area (Å²) < 4.78 is 0. The minimum Gasteiger partial charge on any atom is -0.425 e. The smallest absolute Gasteiger partial charge is 0.425 e. The van der Waals surface area contributed by atoms with Gasteiger partial charge in [-0.25, -0.2) is 0 Å². The Morgan fingerprint density at radius 2 is 2.00 bits per heavy atom. The fourth-order valence-electron chi connectivity index (χ4n) is 0.675. The average molecular weight is 224 g/mol. The predicted molar refractivity (Wildman–Crippen MR) is 39.8 cm³/mol. The number of hydrogen-bond acceptors (Lipinski definition) is 2. The largest absolute Gasteiger partial charge is 0.462 e. The van der Waals surface area contributed by atoms with Gasteiger partial charge in [-0.15, -0.1) is 5.46 Å². The third kappa shape index (κ3) is 3.48. The Hall–Kier alpha value is 0.309. The van der Waals surface area contributed by atoms with Gasteiger partial charge in [-0.05, 0) is 0 Å². The van der Waals surface area contributed by atoms with Gasteiger partial charge in [-0.2, -0.15) is 29.8 Å². The molecule has 1 rings (SSSR count).